The molecule has 1 atom stereocenters. The summed E-state index contributed by atoms with van der Waals surface area (Å²) in [4.78, 5) is 15.9. The van der Waals surface area contributed by atoms with E-state index in [4.69, 9.17) is 9.47 Å². The van der Waals surface area contributed by atoms with Gasteiger partial charge in [0.1, 0.15) is 11.9 Å². The highest BCUT2D eigenvalue weighted by atomic mass is 19.1. The van der Waals surface area contributed by atoms with E-state index in [2.05, 4.69) is 6.58 Å². The zero-order chi connectivity index (χ0) is 20.4. The molecule has 2 fully saturated rings. The molecule has 0 saturated carbocycles. The Bertz CT molecular complexity index is 904. The van der Waals surface area contributed by atoms with Gasteiger partial charge in [0.15, 0.2) is 0 Å². The molecule has 29 heavy (non-hydrogen) atoms. The summed E-state index contributed by atoms with van der Waals surface area (Å²) < 4.78 is 27.3. The lowest BCUT2D eigenvalue weighted by atomic mass is 10.1. The SMILES string of the molecule is C=C(C)CC[C@H]1CN(c2ccn(-c3ccc(N4CCOCC4)c(F)c3)c2)C(=O)O1. The molecule has 0 aliphatic carbocycles. The van der Waals surface area contributed by atoms with Crippen molar-refractivity contribution in [1.29, 1.82) is 0 Å². The fourth-order valence-electron chi connectivity index (χ4n) is 3.71. The normalized spacial score (nSPS) is 19.5. The van der Waals surface area contributed by atoms with E-state index >= 15 is 0 Å². The molecule has 0 bridgehead atoms. The van der Waals surface area contributed by atoms with Gasteiger partial charge in [0.05, 0.1) is 31.1 Å². The third-order valence-electron chi connectivity index (χ3n) is 5.34. The van der Waals surface area contributed by atoms with Crippen molar-refractivity contribution in [2.45, 2.75) is 25.9 Å². The standard InChI is InChI=1S/C22H26FN3O3/c1-16(2)3-5-19-15-26(22(27)29-19)18-7-8-25(14-18)17-4-6-21(20(23)13-17)24-9-11-28-12-10-24/h4,6-8,13-14,19H,1,3,5,9-12,15H2,2H3/t19-/m0/s1. The zero-order valence-corrected chi connectivity index (χ0v) is 16.6. The number of carbonyl (C=O) groups is 1. The predicted octanol–water partition coefficient (Wildman–Crippen LogP) is 4.13. The second-order valence-corrected chi connectivity index (χ2v) is 7.62. The van der Waals surface area contributed by atoms with Crippen LogP contribution in [0.25, 0.3) is 5.69 Å². The number of cyclic esters (lactones) is 1. The van der Waals surface area contributed by atoms with E-state index in [-0.39, 0.29) is 18.0 Å². The van der Waals surface area contributed by atoms with E-state index in [1.54, 1.807) is 11.0 Å². The number of carbonyl (C=O) groups excluding carboxylic acids is 1. The van der Waals surface area contributed by atoms with Crippen molar-refractivity contribution in [1.82, 2.24) is 4.57 Å². The number of hydrogen-bond donors (Lipinski definition) is 0. The fraction of sp³-hybridized carbons (Fsp3) is 0.409. The molecule has 2 aliphatic heterocycles. The van der Waals surface area contributed by atoms with Crippen LogP contribution in [0.5, 0.6) is 0 Å². The number of aromatic nitrogens is 1. The Kier molecular flexibility index (Phi) is 5.58. The molecule has 0 radical (unpaired) electrons. The Morgan fingerprint density at radius 2 is 2.03 bits per heavy atom. The number of amides is 1. The summed E-state index contributed by atoms with van der Waals surface area (Å²) in [7, 11) is 0. The van der Waals surface area contributed by atoms with E-state index in [0.29, 0.717) is 44.2 Å². The van der Waals surface area contributed by atoms with Crippen LogP contribution in [-0.2, 0) is 9.47 Å². The van der Waals surface area contributed by atoms with Gasteiger partial charge in [0.2, 0.25) is 0 Å². The second-order valence-electron chi connectivity index (χ2n) is 7.62. The molecule has 1 aromatic heterocycles. The lowest BCUT2D eigenvalue weighted by Gasteiger charge is -2.29. The number of nitrogens with zero attached hydrogens (tertiary/aromatic N) is 3. The molecular weight excluding hydrogens is 373 g/mol. The van der Waals surface area contributed by atoms with E-state index in [1.807, 2.05) is 40.9 Å². The first-order valence-corrected chi connectivity index (χ1v) is 9.94. The van der Waals surface area contributed by atoms with Gasteiger partial charge in [-0.2, -0.15) is 0 Å². The van der Waals surface area contributed by atoms with Crippen LogP contribution in [0, 0.1) is 5.82 Å². The minimum absolute atomic E-state index is 0.132. The highest BCUT2D eigenvalue weighted by molar-refractivity contribution is 5.89. The first-order valence-electron chi connectivity index (χ1n) is 9.94. The van der Waals surface area contributed by atoms with Gasteiger partial charge in [-0.15, -0.1) is 6.58 Å². The average molecular weight is 399 g/mol. The molecule has 2 saturated heterocycles. The summed E-state index contributed by atoms with van der Waals surface area (Å²) in [5.41, 5.74) is 3.11. The topological polar surface area (TPSA) is 46.9 Å². The largest absolute Gasteiger partial charge is 0.444 e. The van der Waals surface area contributed by atoms with Gasteiger partial charge in [-0.1, -0.05) is 5.57 Å². The number of halogens is 1. The molecule has 1 amide bonds. The number of ether oxygens (including phenoxy) is 2. The summed E-state index contributed by atoms with van der Waals surface area (Å²) in [6, 6.07) is 7.05. The van der Waals surface area contributed by atoms with Gasteiger partial charge in [0, 0.05) is 31.2 Å². The Morgan fingerprint density at radius 1 is 1.24 bits per heavy atom. The molecule has 2 aromatic rings. The highest BCUT2D eigenvalue weighted by Gasteiger charge is 2.32. The summed E-state index contributed by atoms with van der Waals surface area (Å²) in [6.07, 6.45) is 4.78. The van der Waals surface area contributed by atoms with E-state index in [0.717, 1.165) is 24.1 Å². The monoisotopic (exact) mass is 399 g/mol. The van der Waals surface area contributed by atoms with Gasteiger partial charge in [0.25, 0.3) is 0 Å². The number of morpholine rings is 1. The number of benzene rings is 1. The lowest BCUT2D eigenvalue weighted by molar-refractivity contribution is 0.122. The molecular formula is C22H26FN3O3. The number of allylic oxidation sites excluding steroid dienone is 1. The Labute approximate surface area is 170 Å². The molecule has 3 heterocycles. The van der Waals surface area contributed by atoms with Gasteiger partial charge >= 0.3 is 6.09 Å². The average Bonchev–Trinajstić information content (AvgIpc) is 3.33. The first kappa shape index (κ1) is 19.5. The van der Waals surface area contributed by atoms with Gasteiger partial charge in [-0.05, 0) is 44.0 Å². The van der Waals surface area contributed by atoms with Crippen LogP contribution in [0.2, 0.25) is 0 Å². The third-order valence-corrected chi connectivity index (χ3v) is 5.34. The van der Waals surface area contributed by atoms with Crippen molar-refractivity contribution >= 4 is 17.5 Å². The zero-order valence-electron chi connectivity index (χ0n) is 16.6. The van der Waals surface area contributed by atoms with E-state index < -0.39 is 0 Å². The summed E-state index contributed by atoms with van der Waals surface area (Å²) in [5, 5.41) is 0. The Hall–Kier alpha value is -2.80. The number of rotatable bonds is 6. The quantitative estimate of drug-likeness (QED) is 0.685. The van der Waals surface area contributed by atoms with E-state index in [9.17, 15) is 9.18 Å². The maximum absolute atomic E-state index is 14.7. The van der Waals surface area contributed by atoms with Crippen molar-refractivity contribution in [2.75, 3.05) is 42.6 Å². The molecule has 6 nitrogen and oxygen atoms in total. The molecule has 4 rings (SSSR count). The minimum atomic E-state index is -0.344. The first-order chi connectivity index (χ1) is 14.0. The molecule has 2 aliphatic rings. The van der Waals surface area contributed by atoms with Crippen LogP contribution in [0.15, 0.2) is 48.8 Å². The Morgan fingerprint density at radius 3 is 2.76 bits per heavy atom. The van der Waals surface area contributed by atoms with Crippen LogP contribution in [-0.4, -0.2) is 49.6 Å². The third kappa shape index (κ3) is 4.29. The van der Waals surface area contributed by atoms with E-state index in [1.165, 1.54) is 6.07 Å². The maximum Gasteiger partial charge on any atom is 0.414 e. The molecule has 0 N–H and O–H groups in total. The van der Waals surface area contributed by atoms with Crippen LogP contribution in [0.1, 0.15) is 19.8 Å². The van der Waals surface area contributed by atoms with Crippen LogP contribution < -0.4 is 9.80 Å². The van der Waals surface area contributed by atoms with Crippen molar-refractivity contribution < 1.29 is 18.7 Å². The highest BCUT2D eigenvalue weighted by Crippen LogP contribution is 2.28. The molecule has 154 valence electrons. The van der Waals surface area contributed by atoms with Crippen molar-refractivity contribution in [3.63, 3.8) is 0 Å². The summed E-state index contributed by atoms with van der Waals surface area (Å²) in [6.45, 7) is 8.98. The van der Waals surface area contributed by atoms with Crippen LogP contribution >= 0.6 is 0 Å². The number of anilines is 2. The van der Waals surface area contributed by atoms with Crippen molar-refractivity contribution in [3.05, 3.63) is 54.6 Å². The van der Waals surface area contributed by atoms with Gasteiger partial charge < -0.3 is 18.9 Å². The smallest absolute Gasteiger partial charge is 0.414 e. The van der Waals surface area contributed by atoms with Gasteiger partial charge in [-0.25, -0.2) is 9.18 Å². The predicted molar refractivity (Wildman–Crippen MR) is 110 cm³/mol. The molecule has 1 aromatic carbocycles. The fourth-order valence-corrected chi connectivity index (χ4v) is 3.71. The molecule has 0 spiro atoms. The van der Waals surface area contributed by atoms with Crippen molar-refractivity contribution in [3.8, 4) is 5.69 Å². The van der Waals surface area contributed by atoms with Crippen LogP contribution in [0.4, 0.5) is 20.6 Å². The van der Waals surface area contributed by atoms with Crippen LogP contribution in [0.3, 0.4) is 0 Å². The van der Waals surface area contributed by atoms with Crippen molar-refractivity contribution in [2.24, 2.45) is 0 Å². The molecule has 7 heteroatoms. The Balaban J connectivity index is 1.47. The minimum Gasteiger partial charge on any atom is -0.444 e. The maximum atomic E-state index is 14.7. The summed E-state index contributed by atoms with van der Waals surface area (Å²) in [5.74, 6) is -0.264. The van der Waals surface area contributed by atoms with Gasteiger partial charge in [-0.3, -0.25) is 4.90 Å². The summed E-state index contributed by atoms with van der Waals surface area (Å²) >= 11 is 0. The number of hydrogen-bond acceptors (Lipinski definition) is 4. The molecule has 0 unspecified atom stereocenters. The lowest BCUT2D eigenvalue weighted by Crippen LogP contribution is -2.36. The second kappa shape index (κ2) is 8.29.